The quantitative estimate of drug-likeness (QED) is 0.940. The molecule has 2 aromatic rings. The SMILES string of the molecule is Cc1ccnn1-c1ccc(C(=O)NC2CCN(C3CC3)CC2)cc1. The Morgan fingerprint density at radius 3 is 2.38 bits per heavy atom. The average Bonchev–Trinajstić information content (AvgIpc) is 3.37. The maximum atomic E-state index is 12.5. The highest BCUT2D eigenvalue weighted by molar-refractivity contribution is 5.94. The minimum absolute atomic E-state index is 0.0311. The second-order valence-corrected chi connectivity index (χ2v) is 6.95. The van der Waals surface area contributed by atoms with Gasteiger partial charge in [-0.2, -0.15) is 5.10 Å². The van der Waals surface area contributed by atoms with Gasteiger partial charge in [-0.3, -0.25) is 4.79 Å². The lowest BCUT2D eigenvalue weighted by molar-refractivity contribution is 0.0909. The first-order chi connectivity index (χ1) is 11.7. The molecule has 1 aliphatic carbocycles. The van der Waals surface area contributed by atoms with Gasteiger partial charge in [-0.25, -0.2) is 4.68 Å². The van der Waals surface area contributed by atoms with Crippen LogP contribution in [-0.4, -0.2) is 45.8 Å². The van der Waals surface area contributed by atoms with Crippen LogP contribution >= 0.6 is 0 Å². The van der Waals surface area contributed by atoms with Crippen molar-refractivity contribution in [3.63, 3.8) is 0 Å². The molecule has 5 nitrogen and oxygen atoms in total. The highest BCUT2D eigenvalue weighted by Crippen LogP contribution is 2.29. The highest BCUT2D eigenvalue weighted by Gasteiger charge is 2.32. The number of likely N-dealkylation sites (tertiary alicyclic amines) is 1. The molecule has 1 amide bonds. The number of hydrogen-bond donors (Lipinski definition) is 1. The molecule has 2 fully saturated rings. The van der Waals surface area contributed by atoms with Gasteiger partial charge in [-0.05, 0) is 62.9 Å². The number of hydrogen-bond acceptors (Lipinski definition) is 3. The van der Waals surface area contributed by atoms with E-state index < -0.39 is 0 Å². The Morgan fingerprint density at radius 1 is 1.08 bits per heavy atom. The first-order valence-electron chi connectivity index (χ1n) is 8.87. The molecule has 1 aromatic carbocycles. The van der Waals surface area contributed by atoms with E-state index in [0.717, 1.165) is 43.4 Å². The summed E-state index contributed by atoms with van der Waals surface area (Å²) in [5.74, 6) is 0.0311. The number of nitrogens with zero attached hydrogens (tertiary/aromatic N) is 3. The first-order valence-corrected chi connectivity index (χ1v) is 8.87. The number of piperidine rings is 1. The van der Waals surface area contributed by atoms with Crippen molar-refractivity contribution in [3.05, 3.63) is 47.8 Å². The molecule has 0 unspecified atom stereocenters. The number of aryl methyl sites for hydroxylation is 1. The van der Waals surface area contributed by atoms with Crippen molar-refractivity contribution < 1.29 is 4.79 Å². The van der Waals surface area contributed by atoms with Gasteiger partial charge in [0.05, 0.1) is 5.69 Å². The maximum absolute atomic E-state index is 12.5. The number of benzene rings is 1. The average molecular weight is 324 g/mol. The van der Waals surface area contributed by atoms with Crippen LogP contribution in [-0.2, 0) is 0 Å². The molecule has 1 saturated carbocycles. The second-order valence-electron chi connectivity index (χ2n) is 6.95. The fraction of sp³-hybridized carbons (Fsp3) is 0.474. The summed E-state index contributed by atoms with van der Waals surface area (Å²) in [4.78, 5) is 15.0. The van der Waals surface area contributed by atoms with Crippen molar-refractivity contribution in [3.8, 4) is 5.69 Å². The van der Waals surface area contributed by atoms with Gasteiger partial charge in [0.1, 0.15) is 0 Å². The van der Waals surface area contributed by atoms with E-state index in [0.29, 0.717) is 11.6 Å². The van der Waals surface area contributed by atoms with Gasteiger partial charge in [0, 0.05) is 42.6 Å². The minimum Gasteiger partial charge on any atom is -0.349 e. The zero-order valence-corrected chi connectivity index (χ0v) is 14.1. The minimum atomic E-state index is 0.0311. The fourth-order valence-electron chi connectivity index (χ4n) is 3.51. The number of carbonyl (C=O) groups is 1. The Hall–Kier alpha value is -2.14. The Labute approximate surface area is 142 Å². The fourth-order valence-corrected chi connectivity index (χ4v) is 3.51. The van der Waals surface area contributed by atoms with Gasteiger partial charge >= 0.3 is 0 Å². The number of amides is 1. The van der Waals surface area contributed by atoms with Crippen molar-refractivity contribution in [1.82, 2.24) is 20.0 Å². The van der Waals surface area contributed by atoms with Crippen molar-refractivity contribution in [2.45, 2.75) is 44.7 Å². The Bertz CT molecular complexity index is 709. The van der Waals surface area contributed by atoms with Crippen LogP contribution in [0.5, 0.6) is 0 Å². The zero-order chi connectivity index (χ0) is 16.5. The number of nitrogens with one attached hydrogen (secondary N) is 1. The van der Waals surface area contributed by atoms with Crippen molar-refractivity contribution >= 4 is 5.91 Å². The monoisotopic (exact) mass is 324 g/mol. The van der Waals surface area contributed by atoms with E-state index in [-0.39, 0.29) is 5.91 Å². The van der Waals surface area contributed by atoms with E-state index in [4.69, 9.17) is 0 Å². The predicted octanol–water partition coefficient (Wildman–Crippen LogP) is 2.54. The van der Waals surface area contributed by atoms with Crippen LogP contribution in [0.2, 0.25) is 0 Å². The van der Waals surface area contributed by atoms with Gasteiger partial charge in [-0.15, -0.1) is 0 Å². The smallest absolute Gasteiger partial charge is 0.251 e. The molecular weight excluding hydrogens is 300 g/mol. The molecular formula is C19H24N4O. The molecule has 0 spiro atoms. The lowest BCUT2D eigenvalue weighted by Crippen LogP contribution is -2.45. The molecule has 0 radical (unpaired) electrons. The van der Waals surface area contributed by atoms with Crippen LogP contribution in [0.1, 0.15) is 41.7 Å². The molecule has 1 N–H and O–H groups in total. The number of carbonyl (C=O) groups excluding carboxylic acids is 1. The van der Waals surface area contributed by atoms with Gasteiger partial charge in [0.2, 0.25) is 0 Å². The van der Waals surface area contributed by atoms with Gasteiger partial charge < -0.3 is 10.2 Å². The molecule has 4 rings (SSSR count). The predicted molar refractivity (Wildman–Crippen MR) is 93.4 cm³/mol. The Kier molecular flexibility index (Phi) is 4.10. The van der Waals surface area contributed by atoms with E-state index in [1.165, 1.54) is 12.8 Å². The lowest BCUT2D eigenvalue weighted by Gasteiger charge is -2.32. The highest BCUT2D eigenvalue weighted by atomic mass is 16.1. The molecule has 2 aliphatic rings. The van der Waals surface area contributed by atoms with Gasteiger partial charge in [0.15, 0.2) is 0 Å². The molecule has 1 aliphatic heterocycles. The largest absolute Gasteiger partial charge is 0.349 e. The molecule has 0 atom stereocenters. The normalized spacial score (nSPS) is 19.4. The zero-order valence-electron chi connectivity index (χ0n) is 14.1. The third kappa shape index (κ3) is 3.22. The molecule has 5 heteroatoms. The lowest BCUT2D eigenvalue weighted by atomic mass is 10.0. The van der Waals surface area contributed by atoms with E-state index in [2.05, 4.69) is 15.3 Å². The van der Waals surface area contributed by atoms with Crippen LogP contribution in [0.25, 0.3) is 5.69 Å². The molecule has 1 saturated heterocycles. The van der Waals surface area contributed by atoms with Crippen molar-refractivity contribution in [2.24, 2.45) is 0 Å². The molecule has 126 valence electrons. The standard InChI is InChI=1S/C19H24N4O/c1-14-8-11-20-23(14)18-4-2-15(3-5-18)19(24)21-16-9-12-22(13-10-16)17-6-7-17/h2-5,8,11,16-17H,6-7,9-10,12-13H2,1H3,(H,21,24). The molecule has 1 aromatic heterocycles. The van der Waals surface area contributed by atoms with Crippen LogP contribution in [0.4, 0.5) is 0 Å². The summed E-state index contributed by atoms with van der Waals surface area (Å²) in [5, 5.41) is 7.48. The van der Waals surface area contributed by atoms with E-state index in [1.54, 1.807) is 6.20 Å². The summed E-state index contributed by atoms with van der Waals surface area (Å²) in [7, 11) is 0. The number of rotatable bonds is 4. The Morgan fingerprint density at radius 2 is 1.79 bits per heavy atom. The molecule has 0 bridgehead atoms. The summed E-state index contributed by atoms with van der Waals surface area (Å²) in [6.07, 6.45) is 6.63. The molecule has 24 heavy (non-hydrogen) atoms. The van der Waals surface area contributed by atoms with Crippen LogP contribution < -0.4 is 5.32 Å². The van der Waals surface area contributed by atoms with E-state index in [9.17, 15) is 4.79 Å². The summed E-state index contributed by atoms with van der Waals surface area (Å²) in [5.41, 5.74) is 2.77. The van der Waals surface area contributed by atoms with E-state index in [1.807, 2.05) is 41.9 Å². The number of aromatic nitrogens is 2. The second kappa shape index (κ2) is 6.40. The topological polar surface area (TPSA) is 50.2 Å². The summed E-state index contributed by atoms with van der Waals surface area (Å²) in [6, 6.07) is 10.8. The van der Waals surface area contributed by atoms with E-state index >= 15 is 0 Å². The van der Waals surface area contributed by atoms with Crippen LogP contribution in [0, 0.1) is 6.92 Å². The van der Waals surface area contributed by atoms with Crippen LogP contribution in [0.15, 0.2) is 36.5 Å². The third-order valence-electron chi connectivity index (χ3n) is 5.13. The third-order valence-corrected chi connectivity index (χ3v) is 5.13. The van der Waals surface area contributed by atoms with Crippen LogP contribution in [0.3, 0.4) is 0 Å². The van der Waals surface area contributed by atoms with Crippen molar-refractivity contribution in [1.29, 1.82) is 0 Å². The summed E-state index contributed by atoms with van der Waals surface area (Å²) in [6.45, 7) is 4.25. The maximum Gasteiger partial charge on any atom is 0.251 e. The van der Waals surface area contributed by atoms with Crippen molar-refractivity contribution in [2.75, 3.05) is 13.1 Å². The summed E-state index contributed by atoms with van der Waals surface area (Å²) >= 11 is 0. The Balaban J connectivity index is 1.35. The summed E-state index contributed by atoms with van der Waals surface area (Å²) < 4.78 is 1.87. The van der Waals surface area contributed by atoms with Gasteiger partial charge in [-0.1, -0.05) is 0 Å². The first kappa shape index (κ1) is 15.4. The van der Waals surface area contributed by atoms with Gasteiger partial charge in [0.25, 0.3) is 5.91 Å². The molecule has 2 heterocycles.